The molecule has 2 aromatic carbocycles. The highest BCUT2D eigenvalue weighted by Gasteiger charge is 2.31. The summed E-state index contributed by atoms with van der Waals surface area (Å²) in [4.78, 5) is 24.1. The minimum Gasteiger partial charge on any atom is -0.368 e. The minimum atomic E-state index is -4.58. The van der Waals surface area contributed by atoms with E-state index in [2.05, 4.69) is 20.1 Å². The largest absolute Gasteiger partial charge is 0.416 e. The van der Waals surface area contributed by atoms with Gasteiger partial charge in [-0.3, -0.25) is 4.79 Å². The van der Waals surface area contributed by atoms with E-state index in [1.165, 1.54) is 12.4 Å². The van der Waals surface area contributed by atoms with Gasteiger partial charge in [-0.1, -0.05) is 24.3 Å². The van der Waals surface area contributed by atoms with E-state index >= 15 is 0 Å². The average molecular weight is 519 g/mol. The van der Waals surface area contributed by atoms with Gasteiger partial charge in [-0.2, -0.15) is 26.3 Å². The van der Waals surface area contributed by atoms with E-state index in [1.54, 1.807) is 0 Å². The second-order valence-corrected chi connectivity index (χ2v) is 7.59. The van der Waals surface area contributed by atoms with Crippen LogP contribution in [-0.4, -0.2) is 30.6 Å². The predicted molar refractivity (Wildman–Crippen MR) is 121 cm³/mol. The van der Waals surface area contributed by atoms with Gasteiger partial charge in [0.1, 0.15) is 0 Å². The van der Waals surface area contributed by atoms with Crippen molar-refractivity contribution in [1.29, 1.82) is 0 Å². The number of halogens is 6. The Kier molecular flexibility index (Phi) is 6.42. The van der Waals surface area contributed by atoms with Crippen LogP contribution in [0.15, 0.2) is 60.9 Å². The van der Waals surface area contributed by atoms with Crippen molar-refractivity contribution in [3.05, 3.63) is 77.6 Å². The molecular weight excluding hydrogens is 504 g/mol. The normalized spacial score (nSPS) is 12.5. The van der Waals surface area contributed by atoms with E-state index in [-0.39, 0.29) is 39.9 Å². The zero-order chi connectivity index (χ0) is 27.0. The Labute approximate surface area is 204 Å². The molecule has 0 saturated carbocycles. The summed E-state index contributed by atoms with van der Waals surface area (Å²) in [6.07, 6.45) is -5.53. The minimum absolute atomic E-state index is 0.0151. The summed E-state index contributed by atoms with van der Waals surface area (Å²) in [7, 11) is 0. The Hall–Kier alpha value is -4.75. The van der Waals surface area contributed by atoms with Crippen molar-refractivity contribution in [1.82, 2.24) is 24.7 Å². The lowest BCUT2D eigenvalue weighted by Crippen LogP contribution is -2.14. The summed E-state index contributed by atoms with van der Waals surface area (Å²) >= 11 is 0. The molecule has 190 valence electrons. The number of primary amides is 1. The first kappa shape index (κ1) is 25.3. The molecule has 0 spiro atoms. The monoisotopic (exact) mass is 519 g/mol. The van der Waals surface area contributed by atoms with Crippen molar-refractivity contribution >= 4 is 23.6 Å². The maximum Gasteiger partial charge on any atom is 0.416 e. The Balaban J connectivity index is 1.86. The van der Waals surface area contributed by atoms with Crippen LogP contribution in [0.25, 0.3) is 34.5 Å². The van der Waals surface area contributed by atoms with Gasteiger partial charge >= 0.3 is 12.4 Å². The first-order valence-electron chi connectivity index (χ1n) is 10.2. The molecular formula is C23H15F6N7O. The van der Waals surface area contributed by atoms with Crippen LogP contribution in [0.5, 0.6) is 0 Å². The highest BCUT2D eigenvalue weighted by atomic mass is 19.4. The van der Waals surface area contributed by atoms with Crippen molar-refractivity contribution in [2.75, 3.05) is 5.73 Å². The molecule has 0 atom stereocenters. The van der Waals surface area contributed by atoms with E-state index < -0.39 is 29.4 Å². The number of anilines is 1. The van der Waals surface area contributed by atoms with Crippen molar-refractivity contribution in [2.45, 2.75) is 12.4 Å². The standard InChI is InChI=1S/C23H15F6N7O/c24-22(25,26)15-5-1-12(2-6-15)19-34-20(13-3-7-16(8-4-13)23(27,28)29)36(35-19)11-17(18(30)37)14-9-32-21(31)33-10-14/h1-11H,(H2,30,37)(H2,31,32,33). The zero-order valence-corrected chi connectivity index (χ0v) is 18.4. The lowest BCUT2D eigenvalue weighted by Gasteiger charge is -2.08. The van der Waals surface area contributed by atoms with E-state index in [0.717, 1.165) is 59.4 Å². The van der Waals surface area contributed by atoms with Crippen LogP contribution in [0.3, 0.4) is 0 Å². The molecule has 1 amide bonds. The van der Waals surface area contributed by atoms with Crippen LogP contribution in [0.4, 0.5) is 32.3 Å². The third-order valence-electron chi connectivity index (χ3n) is 5.07. The zero-order valence-electron chi connectivity index (χ0n) is 18.4. The van der Waals surface area contributed by atoms with Crippen molar-refractivity contribution in [2.24, 2.45) is 5.73 Å². The van der Waals surface area contributed by atoms with Gasteiger partial charge in [-0.25, -0.2) is 19.6 Å². The summed E-state index contributed by atoms with van der Waals surface area (Å²) < 4.78 is 79.0. The fourth-order valence-corrected chi connectivity index (χ4v) is 3.23. The number of alkyl halides is 6. The molecule has 0 aliphatic carbocycles. The third kappa shape index (κ3) is 5.58. The number of nitrogens with zero attached hydrogens (tertiary/aromatic N) is 5. The summed E-state index contributed by atoms with van der Waals surface area (Å²) in [5, 5.41) is 4.24. The molecule has 0 bridgehead atoms. The molecule has 0 aliphatic heterocycles. The lowest BCUT2D eigenvalue weighted by atomic mass is 10.1. The third-order valence-corrected chi connectivity index (χ3v) is 5.07. The van der Waals surface area contributed by atoms with Gasteiger partial charge in [0.05, 0.1) is 16.7 Å². The van der Waals surface area contributed by atoms with Gasteiger partial charge in [-0.05, 0) is 24.3 Å². The number of nitrogens with two attached hydrogens (primary N) is 2. The van der Waals surface area contributed by atoms with Crippen LogP contribution in [0.2, 0.25) is 0 Å². The number of benzene rings is 2. The van der Waals surface area contributed by atoms with Gasteiger partial charge < -0.3 is 11.5 Å². The fourth-order valence-electron chi connectivity index (χ4n) is 3.23. The Bertz CT molecular complexity index is 1460. The van der Waals surface area contributed by atoms with Crippen LogP contribution in [-0.2, 0) is 17.1 Å². The molecule has 8 nitrogen and oxygen atoms in total. The summed E-state index contributed by atoms with van der Waals surface area (Å²) in [5.74, 6) is -1.06. The number of amides is 1. The van der Waals surface area contributed by atoms with Crippen LogP contribution < -0.4 is 11.5 Å². The molecule has 0 radical (unpaired) electrons. The number of rotatable bonds is 5. The molecule has 4 rings (SSSR count). The molecule has 0 fully saturated rings. The van der Waals surface area contributed by atoms with Gasteiger partial charge in [0, 0.05) is 35.3 Å². The number of aromatic nitrogens is 5. The Morgan fingerprint density at radius 3 is 1.76 bits per heavy atom. The second-order valence-electron chi connectivity index (χ2n) is 7.59. The van der Waals surface area contributed by atoms with E-state index in [1.807, 2.05) is 0 Å². The van der Waals surface area contributed by atoms with E-state index in [4.69, 9.17) is 11.5 Å². The van der Waals surface area contributed by atoms with Gasteiger partial charge in [0.25, 0.3) is 5.91 Å². The summed E-state index contributed by atoms with van der Waals surface area (Å²) in [6, 6.07) is 7.91. The Morgan fingerprint density at radius 2 is 1.30 bits per heavy atom. The molecule has 0 unspecified atom stereocenters. The van der Waals surface area contributed by atoms with Crippen molar-refractivity contribution < 1.29 is 31.1 Å². The van der Waals surface area contributed by atoms with E-state index in [0.29, 0.717) is 0 Å². The molecule has 2 heterocycles. The maximum atomic E-state index is 13.0. The Morgan fingerprint density at radius 1 is 0.811 bits per heavy atom. The van der Waals surface area contributed by atoms with Gasteiger partial charge in [0.2, 0.25) is 5.95 Å². The molecule has 4 N–H and O–H groups in total. The smallest absolute Gasteiger partial charge is 0.368 e. The SMILES string of the molecule is NC(=O)C(=Cn1nc(-c2ccc(C(F)(F)F)cc2)nc1-c1ccc(C(F)(F)F)cc1)c1cnc(N)nc1. The maximum absolute atomic E-state index is 13.0. The topological polar surface area (TPSA) is 126 Å². The summed E-state index contributed by atoms with van der Waals surface area (Å²) in [6.45, 7) is 0. The molecule has 0 aliphatic rings. The number of carbonyl (C=O) groups is 1. The number of hydrogen-bond acceptors (Lipinski definition) is 6. The molecule has 37 heavy (non-hydrogen) atoms. The number of carbonyl (C=O) groups excluding carboxylic acids is 1. The first-order chi connectivity index (χ1) is 17.3. The first-order valence-corrected chi connectivity index (χ1v) is 10.2. The lowest BCUT2D eigenvalue weighted by molar-refractivity contribution is -0.138. The summed E-state index contributed by atoms with van der Waals surface area (Å²) in [5.41, 5.74) is 9.55. The van der Waals surface area contributed by atoms with Crippen LogP contribution in [0.1, 0.15) is 16.7 Å². The second kappa shape index (κ2) is 9.37. The van der Waals surface area contributed by atoms with Crippen LogP contribution in [0, 0.1) is 0 Å². The van der Waals surface area contributed by atoms with Crippen molar-refractivity contribution in [3.63, 3.8) is 0 Å². The quantitative estimate of drug-likeness (QED) is 0.295. The molecule has 14 heteroatoms. The molecule has 2 aromatic heterocycles. The number of hydrogen-bond donors (Lipinski definition) is 2. The highest BCUT2D eigenvalue weighted by Crippen LogP contribution is 2.33. The highest BCUT2D eigenvalue weighted by molar-refractivity contribution is 6.22. The average Bonchev–Trinajstić information content (AvgIpc) is 3.26. The number of nitrogen functional groups attached to an aromatic ring is 1. The van der Waals surface area contributed by atoms with Crippen molar-refractivity contribution in [3.8, 4) is 22.8 Å². The molecule has 4 aromatic rings. The van der Waals surface area contributed by atoms with Gasteiger partial charge in [-0.15, -0.1) is 5.10 Å². The van der Waals surface area contributed by atoms with Crippen LogP contribution >= 0.6 is 0 Å². The van der Waals surface area contributed by atoms with E-state index in [9.17, 15) is 31.1 Å². The van der Waals surface area contributed by atoms with Gasteiger partial charge in [0.15, 0.2) is 11.6 Å². The molecule has 0 saturated heterocycles. The fraction of sp³-hybridized carbons (Fsp3) is 0.0870. The predicted octanol–water partition coefficient (Wildman–Crippen LogP) is 4.51.